The van der Waals surface area contributed by atoms with Crippen LogP contribution in [0.1, 0.15) is 13.8 Å². The maximum Gasteiger partial charge on any atom is 0 e. The molecule has 0 bridgehead atoms. The van der Waals surface area contributed by atoms with Crippen LogP contribution in [-0.4, -0.2) is 0 Å². The van der Waals surface area contributed by atoms with Gasteiger partial charge in [-0.25, -0.2) is 0 Å². The molecule has 0 heterocycles. The van der Waals surface area contributed by atoms with Gasteiger partial charge in [0.1, 0.15) is 0 Å². The van der Waals surface area contributed by atoms with Crippen LogP contribution in [-0.2, 0) is 19.5 Å². The van der Waals surface area contributed by atoms with Crippen molar-refractivity contribution in [3.63, 3.8) is 0 Å². The van der Waals surface area contributed by atoms with Crippen LogP contribution >= 0.6 is 0 Å². The Bertz CT molecular complexity index is 12.3. The Morgan fingerprint density at radius 1 is 1.33 bits per heavy atom. The maximum atomic E-state index is 3.64. The molecule has 0 saturated heterocycles. The zero-order chi connectivity index (χ0) is 3.58. The predicted octanol–water partition coefficient (Wildman–Crippen LogP) is -1.52. The van der Waals surface area contributed by atoms with E-state index in [0.717, 1.165) is 0 Å². The van der Waals surface area contributed by atoms with Crippen LogP contribution in [0.4, 0.5) is 0 Å². The molecule has 0 atom stereocenters. The van der Waals surface area contributed by atoms with E-state index in [-0.39, 0.29) is 31.9 Å². The average Bonchev–Trinajstić information content (AvgIpc) is 0.811. The molecule has 0 unspecified atom stereocenters. The summed E-state index contributed by atoms with van der Waals surface area (Å²) < 4.78 is 0. The maximum absolute atomic E-state index is 3.64. The largest absolute Gasteiger partial charge is 1.00 e. The molecule has 0 aliphatic heterocycles. The second kappa shape index (κ2) is 9.32. The summed E-state index contributed by atoms with van der Waals surface area (Å²) in [7, 11) is 0. The van der Waals surface area contributed by atoms with E-state index in [4.69, 9.17) is 0 Å². The fourth-order valence-corrected chi connectivity index (χ4v) is 0. The van der Waals surface area contributed by atoms with Crippen LogP contribution in [0.25, 0.3) is 0 Å². The number of halogens is 1. The van der Waals surface area contributed by atoms with Crippen LogP contribution in [0.5, 0.6) is 0 Å². The van der Waals surface area contributed by atoms with Crippen molar-refractivity contribution in [1.82, 2.24) is 0 Å². The third-order valence-corrected chi connectivity index (χ3v) is 0. The SMILES string of the molecule is [CH2]C(C)C.[Cl-].[Zn]. The second-order valence-electron chi connectivity index (χ2n) is 1.39. The quantitative estimate of drug-likeness (QED) is 0.375. The molecule has 0 aliphatic rings. The number of hydrogen-bond donors (Lipinski definition) is 0. The van der Waals surface area contributed by atoms with E-state index in [0.29, 0.717) is 5.92 Å². The molecule has 0 aromatic rings. The molecule has 0 fully saturated rings. The topological polar surface area (TPSA) is 0 Å². The minimum absolute atomic E-state index is 0. The predicted molar refractivity (Wildman–Crippen MR) is 20.2 cm³/mol. The Morgan fingerprint density at radius 3 is 1.33 bits per heavy atom. The first-order valence-corrected chi connectivity index (χ1v) is 1.56. The molecule has 0 aromatic heterocycles. The van der Waals surface area contributed by atoms with Crippen molar-refractivity contribution in [2.45, 2.75) is 13.8 Å². The number of hydrogen-bond acceptors (Lipinski definition) is 0. The molecule has 0 spiro atoms. The summed E-state index contributed by atoms with van der Waals surface area (Å²) in [6, 6.07) is 0. The summed E-state index contributed by atoms with van der Waals surface area (Å²) in [5.74, 6) is 0.583. The summed E-state index contributed by atoms with van der Waals surface area (Å²) >= 11 is 0. The molecular formula is C4H9ClZn-. The Labute approximate surface area is 58.9 Å². The van der Waals surface area contributed by atoms with Crippen molar-refractivity contribution < 1.29 is 31.9 Å². The molecule has 0 saturated carbocycles. The summed E-state index contributed by atoms with van der Waals surface area (Å²) in [4.78, 5) is 0. The van der Waals surface area contributed by atoms with Crippen molar-refractivity contribution in [1.29, 1.82) is 0 Å². The molecular weight excluding hydrogens is 149 g/mol. The Kier molecular flexibility index (Phi) is 24.5. The minimum Gasteiger partial charge on any atom is -1.00 e. The summed E-state index contributed by atoms with van der Waals surface area (Å²) in [6.07, 6.45) is 0. The summed E-state index contributed by atoms with van der Waals surface area (Å²) in [5, 5.41) is 0. The van der Waals surface area contributed by atoms with Crippen LogP contribution in [0.3, 0.4) is 0 Å². The van der Waals surface area contributed by atoms with E-state index < -0.39 is 0 Å². The van der Waals surface area contributed by atoms with E-state index in [2.05, 4.69) is 20.8 Å². The molecule has 35 valence electrons. The van der Waals surface area contributed by atoms with Gasteiger partial charge in [0, 0.05) is 19.5 Å². The zero-order valence-electron chi connectivity index (χ0n) is 4.37. The van der Waals surface area contributed by atoms with Gasteiger partial charge in [0.05, 0.1) is 0 Å². The van der Waals surface area contributed by atoms with Gasteiger partial charge >= 0.3 is 0 Å². The first-order valence-electron chi connectivity index (χ1n) is 1.56. The van der Waals surface area contributed by atoms with Crippen molar-refractivity contribution in [2.75, 3.05) is 0 Å². The van der Waals surface area contributed by atoms with E-state index in [1.807, 2.05) is 0 Å². The minimum atomic E-state index is 0. The molecule has 0 aromatic carbocycles. The smallest absolute Gasteiger partial charge is 0 e. The fraction of sp³-hybridized carbons (Fsp3) is 0.750. The van der Waals surface area contributed by atoms with Crippen LogP contribution in [0, 0.1) is 12.8 Å². The molecule has 0 nitrogen and oxygen atoms in total. The van der Waals surface area contributed by atoms with Crippen molar-refractivity contribution in [2.24, 2.45) is 5.92 Å². The molecule has 0 aliphatic carbocycles. The van der Waals surface area contributed by atoms with E-state index >= 15 is 0 Å². The standard InChI is InChI=1S/C4H9.ClH.Zn/c1-4(2)3;;/h4H,1H2,2-3H3;1H;/p-1. The fourth-order valence-electron chi connectivity index (χ4n) is 0. The van der Waals surface area contributed by atoms with Gasteiger partial charge in [-0.15, -0.1) is 0 Å². The third-order valence-electron chi connectivity index (χ3n) is 0. The van der Waals surface area contributed by atoms with Crippen LogP contribution < -0.4 is 12.4 Å². The van der Waals surface area contributed by atoms with Gasteiger partial charge in [0.25, 0.3) is 0 Å². The Balaban J connectivity index is -0.0000000450. The van der Waals surface area contributed by atoms with Crippen molar-refractivity contribution in [3.05, 3.63) is 6.92 Å². The van der Waals surface area contributed by atoms with Gasteiger partial charge in [0.2, 0.25) is 0 Å². The van der Waals surface area contributed by atoms with Crippen LogP contribution in [0.2, 0.25) is 0 Å². The first kappa shape index (κ1) is 15.8. The van der Waals surface area contributed by atoms with Gasteiger partial charge < -0.3 is 12.4 Å². The van der Waals surface area contributed by atoms with Crippen molar-refractivity contribution >= 4 is 0 Å². The molecule has 6 heavy (non-hydrogen) atoms. The van der Waals surface area contributed by atoms with E-state index in [1.54, 1.807) is 0 Å². The normalized spacial score (nSPS) is 6.00. The van der Waals surface area contributed by atoms with Gasteiger partial charge in [-0.2, -0.15) is 0 Å². The molecule has 2 heteroatoms. The summed E-state index contributed by atoms with van der Waals surface area (Å²) in [6.45, 7) is 7.75. The monoisotopic (exact) mass is 156 g/mol. The van der Waals surface area contributed by atoms with Crippen molar-refractivity contribution in [3.8, 4) is 0 Å². The van der Waals surface area contributed by atoms with E-state index in [1.165, 1.54) is 0 Å². The molecule has 0 N–H and O–H groups in total. The summed E-state index contributed by atoms with van der Waals surface area (Å²) in [5.41, 5.74) is 0. The van der Waals surface area contributed by atoms with Crippen LogP contribution in [0.15, 0.2) is 0 Å². The molecule has 1 radical (unpaired) electrons. The second-order valence-corrected chi connectivity index (χ2v) is 1.39. The van der Waals surface area contributed by atoms with Gasteiger partial charge in [-0.3, -0.25) is 0 Å². The first-order chi connectivity index (χ1) is 1.73. The molecule has 0 amide bonds. The molecule has 0 rings (SSSR count). The zero-order valence-corrected chi connectivity index (χ0v) is 8.09. The third kappa shape index (κ3) is 90.2. The Morgan fingerprint density at radius 2 is 1.33 bits per heavy atom. The van der Waals surface area contributed by atoms with Gasteiger partial charge in [-0.05, 0) is 5.92 Å². The van der Waals surface area contributed by atoms with Gasteiger partial charge in [0.15, 0.2) is 0 Å². The number of rotatable bonds is 0. The van der Waals surface area contributed by atoms with Gasteiger partial charge in [-0.1, -0.05) is 20.8 Å². The average molecular weight is 158 g/mol. The Hall–Kier alpha value is 0.913. The van der Waals surface area contributed by atoms with E-state index in [9.17, 15) is 0 Å².